The second kappa shape index (κ2) is 7.56. The third-order valence-electron chi connectivity index (χ3n) is 2.75. The molecule has 3 nitrogen and oxygen atoms in total. The number of rotatable bonds is 7. The van der Waals surface area contributed by atoms with Crippen LogP contribution in [0.4, 0.5) is 0 Å². The molecule has 1 aliphatic heterocycles. The SMILES string of the molecule is CCCS(=O)(=O)CCNCC1CCCCS1. The fraction of sp³-hybridized carbons (Fsp3) is 1.00. The van der Waals surface area contributed by atoms with Gasteiger partial charge in [0.15, 0.2) is 9.84 Å². The Morgan fingerprint density at radius 1 is 1.31 bits per heavy atom. The molecule has 1 fully saturated rings. The highest BCUT2D eigenvalue weighted by Gasteiger charge is 2.14. The third-order valence-corrected chi connectivity index (χ3v) is 6.01. The van der Waals surface area contributed by atoms with Crippen molar-refractivity contribution in [2.75, 3.05) is 30.3 Å². The maximum Gasteiger partial charge on any atom is 0.151 e. The molecule has 5 heteroatoms. The molecule has 1 saturated heterocycles. The summed E-state index contributed by atoms with van der Waals surface area (Å²) in [4.78, 5) is 0. The lowest BCUT2D eigenvalue weighted by atomic mass is 10.2. The average Bonchev–Trinajstić information content (AvgIpc) is 2.26. The summed E-state index contributed by atoms with van der Waals surface area (Å²) in [5.41, 5.74) is 0. The highest BCUT2D eigenvalue weighted by atomic mass is 32.2. The van der Waals surface area contributed by atoms with Crippen LogP contribution < -0.4 is 5.32 Å². The van der Waals surface area contributed by atoms with Gasteiger partial charge in [-0.1, -0.05) is 13.3 Å². The number of thioether (sulfide) groups is 1. The Kier molecular flexibility index (Phi) is 6.77. The van der Waals surface area contributed by atoms with Crippen LogP contribution in [-0.2, 0) is 9.84 Å². The van der Waals surface area contributed by atoms with E-state index in [0.717, 1.165) is 13.0 Å². The van der Waals surface area contributed by atoms with Gasteiger partial charge in [0.05, 0.1) is 5.75 Å². The van der Waals surface area contributed by atoms with E-state index in [4.69, 9.17) is 0 Å². The van der Waals surface area contributed by atoms with Crippen LogP contribution >= 0.6 is 11.8 Å². The first kappa shape index (κ1) is 14.3. The van der Waals surface area contributed by atoms with Gasteiger partial charge in [0.2, 0.25) is 0 Å². The van der Waals surface area contributed by atoms with Gasteiger partial charge in [0.25, 0.3) is 0 Å². The molecule has 0 radical (unpaired) electrons. The van der Waals surface area contributed by atoms with Gasteiger partial charge < -0.3 is 5.32 Å². The normalized spacial score (nSPS) is 22.2. The summed E-state index contributed by atoms with van der Waals surface area (Å²) < 4.78 is 22.9. The minimum Gasteiger partial charge on any atom is -0.315 e. The Balaban J connectivity index is 2.06. The lowest BCUT2D eigenvalue weighted by molar-refractivity contribution is 0.582. The van der Waals surface area contributed by atoms with E-state index >= 15 is 0 Å². The zero-order valence-corrected chi connectivity index (χ0v) is 11.7. The molecule has 1 heterocycles. The van der Waals surface area contributed by atoms with Crippen molar-refractivity contribution in [3.63, 3.8) is 0 Å². The molecule has 16 heavy (non-hydrogen) atoms. The summed E-state index contributed by atoms with van der Waals surface area (Å²) in [6.45, 7) is 3.48. The van der Waals surface area contributed by atoms with Crippen molar-refractivity contribution in [3.05, 3.63) is 0 Å². The van der Waals surface area contributed by atoms with Crippen molar-refractivity contribution in [3.8, 4) is 0 Å². The predicted molar refractivity (Wildman–Crippen MR) is 71.9 cm³/mol. The van der Waals surface area contributed by atoms with E-state index < -0.39 is 9.84 Å². The zero-order chi connectivity index (χ0) is 11.9. The smallest absolute Gasteiger partial charge is 0.151 e. The topological polar surface area (TPSA) is 46.2 Å². The minimum absolute atomic E-state index is 0.290. The molecule has 0 aromatic heterocycles. The quantitative estimate of drug-likeness (QED) is 0.712. The lowest BCUT2D eigenvalue weighted by Crippen LogP contribution is -2.31. The molecule has 1 aliphatic rings. The van der Waals surface area contributed by atoms with Crippen LogP contribution in [0.25, 0.3) is 0 Å². The first-order chi connectivity index (χ1) is 7.64. The summed E-state index contributed by atoms with van der Waals surface area (Å²) in [6.07, 6.45) is 4.67. The van der Waals surface area contributed by atoms with Crippen molar-refractivity contribution < 1.29 is 8.42 Å². The Morgan fingerprint density at radius 2 is 2.12 bits per heavy atom. The van der Waals surface area contributed by atoms with Gasteiger partial charge in [-0.05, 0) is 25.0 Å². The lowest BCUT2D eigenvalue weighted by Gasteiger charge is -2.21. The summed E-state index contributed by atoms with van der Waals surface area (Å²) in [7, 11) is -2.80. The van der Waals surface area contributed by atoms with E-state index in [-0.39, 0.29) is 5.75 Å². The maximum absolute atomic E-state index is 11.4. The molecule has 1 rings (SSSR count). The van der Waals surface area contributed by atoms with Gasteiger partial charge >= 0.3 is 0 Å². The van der Waals surface area contributed by atoms with Crippen LogP contribution in [0.1, 0.15) is 32.6 Å². The van der Waals surface area contributed by atoms with Gasteiger partial charge in [-0.25, -0.2) is 8.42 Å². The van der Waals surface area contributed by atoms with E-state index in [2.05, 4.69) is 5.32 Å². The van der Waals surface area contributed by atoms with Crippen LogP contribution in [0.15, 0.2) is 0 Å². The molecule has 0 spiro atoms. The van der Waals surface area contributed by atoms with Crippen molar-refractivity contribution in [2.24, 2.45) is 0 Å². The maximum atomic E-state index is 11.4. The molecule has 1 N–H and O–H groups in total. The fourth-order valence-corrected chi connectivity index (χ4v) is 4.43. The predicted octanol–water partition coefficient (Wildman–Crippen LogP) is 1.69. The van der Waals surface area contributed by atoms with E-state index in [1.54, 1.807) is 0 Å². The fourth-order valence-electron chi connectivity index (χ4n) is 1.87. The summed E-state index contributed by atoms with van der Waals surface area (Å²) >= 11 is 2.02. The molecule has 96 valence electrons. The third kappa shape index (κ3) is 6.11. The summed E-state index contributed by atoms with van der Waals surface area (Å²) in [5.74, 6) is 1.88. The zero-order valence-electron chi connectivity index (χ0n) is 10.1. The number of hydrogen-bond acceptors (Lipinski definition) is 4. The molecule has 0 amide bonds. The highest BCUT2D eigenvalue weighted by Crippen LogP contribution is 2.24. The highest BCUT2D eigenvalue weighted by molar-refractivity contribution is 7.99. The Hall–Kier alpha value is 0.260. The first-order valence-electron chi connectivity index (χ1n) is 6.17. The Morgan fingerprint density at radius 3 is 2.75 bits per heavy atom. The Bertz CT molecular complexity index is 272. The van der Waals surface area contributed by atoms with Crippen molar-refractivity contribution in [2.45, 2.75) is 37.9 Å². The van der Waals surface area contributed by atoms with Crippen LogP contribution in [0.3, 0.4) is 0 Å². The minimum atomic E-state index is -2.80. The monoisotopic (exact) mass is 265 g/mol. The largest absolute Gasteiger partial charge is 0.315 e. The van der Waals surface area contributed by atoms with Crippen LogP contribution in [0.5, 0.6) is 0 Å². The van der Waals surface area contributed by atoms with Gasteiger partial charge in [0, 0.05) is 24.1 Å². The van der Waals surface area contributed by atoms with E-state index in [1.807, 2.05) is 18.7 Å². The molecule has 0 bridgehead atoms. The molecule has 0 aliphatic carbocycles. The van der Waals surface area contributed by atoms with Gasteiger partial charge in [-0.15, -0.1) is 0 Å². The molecule has 1 unspecified atom stereocenters. The van der Waals surface area contributed by atoms with Crippen molar-refractivity contribution >= 4 is 21.6 Å². The van der Waals surface area contributed by atoms with E-state index in [1.165, 1.54) is 25.0 Å². The molecule has 1 atom stereocenters. The van der Waals surface area contributed by atoms with Crippen LogP contribution in [0, 0.1) is 0 Å². The molecular formula is C11H23NO2S2. The second-order valence-electron chi connectivity index (χ2n) is 4.34. The molecule has 0 saturated carbocycles. The average molecular weight is 265 g/mol. The number of hydrogen-bond donors (Lipinski definition) is 1. The second-order valence-corrected chi connectivity index (χ2v) is 8.06. The molecule has 0 aromatic carbocycles. The van der Waals surface area contributed by atoms with Crippen LogP contribution in [0.2, 0.25) is 0 Å². The van der Waals surface area contributed by atoms with Crippen molar-refractivity contribution in [1.82, 2.24) is 5.32 Å². The van der Waals surface area contributed by atoms with Gasteiger partial charge in [-0.2, -0.15) is 11.8 Å². The van der Waals surface area contributed by atoms with E-state index in [0.29, 0.717) is 17.5 Å². The first-order valence-corrected chi connectivity index (χ1v) is 9.04. The molecule has 0 aromatic rings. The van der Waals surface area contributed by atoms with Gasteiger partial charge in [0.1, 0.15) is 0 Å². The molecular weight excluding hydrogens is 242 g/mol. The van der Waals surface area contributed by atoms with Gasteiger partial charge in [-0.3, -0.25) is 0 Å². The van der Waals surface area contributed by atoms with Crippen molar-refractivity contribution in [1.29, 1.82) is 0 Å². The number of sulfone groups is 1. The Labute approximate surface area is 104 Å². The number of nitrogens with one attached hydrogen (secondary N) is 1. The summed E-state index contributed by atoms with van der Waals surface area (Å²) in [5, 5.41) is 3.97. The standard InChI is InChI=1S/C11H23NO2S2/c1-2-8-16(13,14)9-6-12-10-11-5-3-4-7-15-11/h11-12H,2-10H2,1H3. The van der Waals surface area contributed by atoms with Crippen LogP contribution in [-0.4, -0.2) is 44.0 Å². The summed E-state index contributed by atoms with van der Waals surface area (Å²) in [6, 6.07) is 0. The van der Waals surface area contributed by atoms with E-state index in [9.17, 15) is 8.42 Å².